The molecule has 0 aliphatic heterocycles. The van der Waals surface area contributed by atoms with Crippen molar-refractivity contribution in [1.29, 1.82) is 0 Å². The maximum absolute atomic E-state index is 4.61. The molecule has 19 heavy (non-hydrogen) atoms. The van der Waals surface area contributed by atoms with Gasteiger partial charge in [0, 0.05) is 18.4 Å². The first-order valence-electron chi connectivity index (χ1n) is 6.74. The Balaban J connectivity index is 2.41. The molecule has 1 N–H and O–H groups in total. The summed E-state index contributed by atoms with van der Waals surface area (Å²) in [4.78, 5) is 13.6. The Morgan fingerprint density at radius 2 is 2.05 bits per heavy atom. The topological polar surface area (TPSA) is 50.7 Å². The molecular formula is C15H20N4. The molecule has 4 heteroatoms. The number of nitrogens with one attached hydrogen (secondary N) is 1. The second-order valence-corrected chi connectivity index (χ2v) is 4.47. The summed E-state index contributed by atoms with van der Waals surface area (Å²) in [6.07, 6.45) is 2.73. The summed E-state index contributed by atoms with van der Waals surface area (Å²) in [6, 6.07) is 6.05. The first kappa shape index (κ1) is 13.6. The number of rotatable bonds is 5. The van der Waals surface area contributed by atoms with Crippen molar-refractivity contribution in [2.24, 2.45) is 0 Å². The lowest BCUT2D eigenvalue weighted by molar-refractivity contribution is 0.707. The molecule has 0 atom stereocenters. The predicted octanol–water partition coefficient (Wildman–Crippen LogP) is 2.52. The van der Waals surface area contributed by atoms with E-state index >= 15 is 0 Å². The summed E-state index contributed by atoms with van der Waals surface area (Å²) < 4.78 is 0. The van der Waals surface area contributed by atoms with E-state index in [4.69, 9.17) is 0 Å². The Morgan fingerprint density at radius 3 is 2.79 bits per heavy atom. The molecule has 4 nitrogen and oxygen atoms in total. The first-order chi connectivity index (χ1) is 9.24. The van der Waals surface area contributed by atoms with Gasteiger partial charge in [0.2, 0.25) is 0 Å². The summed E-state index contributed by atoms with van der Waals surface area (Å²) in [5.74, 6) is 0.727. The van der Waals surface area contributed by atoms with Gasteiger partial charge in [-0.1, -0.05) is 19.9 Å². The van der Waals surface area contributed by atoms with Crippen molar-refractivity contribution in [3.63, 3.8) is 0 Å². The molecule has 0 spiro atoms. The maximum Gasteiger partial charge on any atom is 0.178 e. The fraction of sp³-hybridized carbons (Fsp3) is 0.400. The van der Waals surface area contributed by atoms with Crippen LogP contribution in [0.2, 0.25) is 0 Å². The average molecular weight is 256 g/mol. The van der Waals surface area contributed by atoms with Gasteiger partial charge in [0.1, 0.15) is 5.69 Å². The Bertz CT molecular complexity index is 552. The van der Waals surface area contributed by atoms with Gasteiger partial charge in [-0.05, 0) is 37.6 Å². The molecule has 0 radical (unpaired) electrons. The Kier molecular flexibility index (Phi) is 4.58. The number of aryl methyl sites for hydroxylation is 2. The zero-order chi connectivity index (χ0) is 13.7. The molecule has 0 unspecified atom stereocenters. The van der Waals surface area contributed by atoms with Gasteiger partial charge in [-0.3, -0.25) is 4.98 Å². The van der Waals surface area contributed by atoms with Crippen molar-refractivity contribution in [2.45, 2.75) is 33.7 Å². The second-order valence-electron chi connectivity index (χ2n) is 4.47. The van der Waals surface area contributed by atoms with E-state index in [1.165, 1.54) is 5.56 Å². The van der Waals surface area contributed by atoms with E-state index in [0.29, 0.717) is 0 Å². The Morgan fingerprint density at radius 1 is 1.21 bits per heavy atom. The molecule has 2 aromatic rings. The minimum Gasteiger partial charge on any atom is -0.311 e. The van der Waals surface area contributed by atoms with Crippen molar-refractivity contribution in [3.05, 3.63) is 41.3 Å². The van der Waals surface area contributed by atoms with Crippen LogP contribution in [-0.2, 0) is 13.0 Å². The molecule has 0 saturated heterocycles. The molecule has 0 saturated carbocycles. The van der Waals surface area contributed by atoms with E-state index in [0.717, 1.165) is 42.4 Å². The lowest BCUT2D eigenvalue weighted by atomic mass is 10.1. The quantitative estimate of drug-likeness (QED) is 0.893. The predicted molar refractivity (Wildman–Crippen MR) is 76.8 cm³/mol. The van der Waals surface area contributed by atoms with E-state index < -0.39 is 0 Å². The lowest BCUT2D eigenvalue weighted by Crippen LogP contribution is -2.14. The molecule has 0 amide bonds. The molecule has 0 bridgehead atoms. The Hall–Kier alpha value is -1.81. The number of hydrogen-bond donors (Lipinski definition) is 1. The number of aromatic nitrogens is 3. The molecule has 0 aliphatic carbocycles. The highest BCUT2D eigenvalue weighted by Crippen LogP contribution is 2.18. The summed E-state index contributed by atoms with van der Waals surface area (Å²) in [5, 5.41) is 3.29. The van der Waals surface area contributed by atoms with Crippen molar-refractivity contribution in [3.8, 4) is 11.5 Å². The van der Waals surface area contributed by atoms with Gasteiger partial charge in [0.25, 0.3) is 0 Å². The molecule has 2 heterocycles. The molecule has 100 valence electrons. The SMILES string of the molecule is CCNCc1cc(C)nc(-c2ncccc2CC)n1. The number of pyridine rings is 1. The first-order valence-corrected chi connectivity index (χ1v) is 6.74. The van der Waals surface area contributed by atoms with Crippen LogP contribution in [0.25, 0.3) is 11.5 Å². The highest BCUT2D eigenvalue weighted by molar-refractivity contribution is 5.54. The van der Waals surface area contributed by atoms with Gasteiger partial charge in [-0.2, -0.15) is 0 Å². The van der Waals surface area contributed by atoms with Crippen LogP contribution in [0.1, 0.15) is 30.8 Å². The van der Waals surface area contributed by atoms with Crippen LogP contribution < -0.4 is 5.32 Å². The third-order valence-corrected chi connectivity index (χ3v) is 2.95. The third-order valence-electron chi connectivity index (χ3n) is 2.95. The molecule has 0 aromatic carbocycles. The fourth-order valence-corrected chi connectivity index (χ4v) is 2.01. The van der Waals surface area contributed by atoms with E-state index in [-0.39, 0.29) is 0 Å². The van der Waals surface area contributed by atoms with Crippen molar-refractivity contribution >= 4 is 0 Å². The fourth-order valence-electron chi connectivity index (χ4n) is 2.01. The van der Waals surface area contributed by atoms with Gasteiger partial charge in [-0.15, -0.1) is 0 Å². The Labute approximate surface area is 114 Å². The summed E-state index contributed by atoms with van der Waals surface area (Å²) in [5.41, 5.74) is 4.07. The van der Waals surface area contributed by atoms with Gasteiger partial charge in [0.15, 0.2) is 5.82 Å². The van der Waals surface area contributed by atoms with Gasteiger partial charge >= 0.3 is 0 Å². The smallest absolute Gasteiger partial charge is 0.178 e. The van der Waals surface area contributed by atoms with Crippen LogP contribution in [0, 0.1) is 6.92 Å². The minimum atomic E-state index is 0.727. The monoisotopic (exact) mass is 256 g/mol. The molecule has 0 fully saturated rings. The van der Waals surface area contributed by atoms with Crippen LogP contribution in [-0.4, -0.2) is 21.5 Å². The second kappa shape index (κ2) is 6.38. The van der Waals surface area contributed by atoms with Crippen molar-refractivity contribution in [1.82, 2.24) is 20.3 Å². The highest BCUT2D eigenvalue weighted by Gasteiger charge is 2.09. The minimum absolute atomic E-state index is 0.727. The molecular weight excluding hydrogens is 236 g/mol. The summed E-state index contributed by atoms with van der Waals surface area (Å²) in [7, 11) is 0. The number of nitrogens with zero attached hydrogens (tertiary/aromatic N) is 3. The normalized spacial score (nSPS) is 10.7. The van der Waals surface area contributed by atoms with E-state index in [2.05, 4.69) is 40.2 Å². The largest absolute Gasteiger partial charge is 0.311 e. The third kappa shape index (κ3) is 3.35. The van der Waals surface area contributed by atoms with E-state index in [1.807, 2.05) is 19.1 Å². The molecule has 2 aromatic heterocycles. The zero-order valence-electron chi connectivity index (χ0n) is 11.8. The van der Waals surface area contributed by atoms with Crippen LogP contribution in [0.15, 0.2) is 24.4 Å². The molecule has 0 aliphatic rings. The zero-order valence-corrected chi connectivity index (χ0v) is 11.8. The maximum atomic E-state index is 4.61. The van der Waals surface area contributed by atoms with Gasteiger partial charge in [-0.25, -0.2) is 9.97 Å². The van der Waals surface area contributed by atoms with E-state index in [9.17, 15) is 0 Å². The summed E-state index contributed by atoms with van der Waals surface area (Å²) >= 11 is 0. The van der Waals surface area contributed by atoms with Gasteiger partial charge < -0.3 is 5.32 Å². The van der Waals surface area contributed by atoms with Crippen LogP contribution in [0.4, 0.5) is 0 Å². The van der Waals surface area contributed by atoms with Crippen LogP contribution >= 0.6 is 0 Å². The van der Waals surface area contributed by atoms with Crippen molar-refractivity contribution < 1.29 is 0 Å². The van der Waals surface area contributed by atoms with Crippen LogP contribution in [0.3, 0.4) is 0 Å². The highest BCUT2D eigenvalue weighted by atomic mass is 15.0. The van der Waals surface area contributed by atoms with E-state index in [1.54, 1.807) is 6.20 Å². The molecule has 2 rings (SSSR count). The van der Waals surface area contributed by atoms with Gasteiger partial charge in [0.05, 0.1) is 5.69 Å². The van der Waals surface area contributed by atoms with Crippen molar-refractivity contribution in [2.75, 3.05) is 6.54 Å². The number of hydrogen-bond acceptors (Lipinski definition) is 4. The average Bonchev–Trinajstić information content (AvgIpc) is 2.44. The summed E-state index contributed by atoms with van der Waals surface area (Å²) in [6.45, 7) is 7.90. The van der Waals surface area contributed by atoms with Crippen LogP contribution in [0.5, 0.6) is 0 Å². The lowest BCUT2D eigenvalue weighted by Gasteiger charge is -2.08. The standard InChI is InChI=1S/C15H20N4/c1-4-12-7-6-8-17-14(12)15-18-11(3)9-13(19-15)10-16-5-2/h6-9,16H,4-5,10H2,1-3H3.